The topological polar surface area (TPSA) is 85.1 Å². The minimum absolute atomic E-state index is 0.0451. The Morgan fingerprint density at radius 2 is 2.16 bits per heavy atom. The van der Waals surface area contributed by atoms with E-state index in [4.69, 9.17) is 0 Å². The Morgan fingerprint density at radius 3 is 2.89 bits per heavy atom. The molecule has 104 valence electrons. The van der Waals surface area contributed by atoms with Crippen LogP contribution >= 0.6 is 0 Å². The quantitative estimate of drug-likeness (QED) is 0.743. The number of likely N-dealkylation sites (N-methyl/N-ethyl adjacent to an activating group) is 1. The van der Waals surface area contributed by atoms with Crippen LogP contribution in [-0.2, 0) is 11.2 Å². The average molecular weight is 265 g/mol. The van der Waals surface area contributed by atoms with E-state index >= 15 is 0 Å². The maximum atomic E-state index is 12.2. The van der Waals surface area contributed by atoms with E-state index < -0.39 is 0 Å². The highest BCUT2D eigenvalue weighted by molar-refractivity contribution is 5.78. The molecule has 0 radical (unpaired) electrons. The Hall–Kier alpha value is -1.63. The largest absolute Gasteiger partial charge is 0.341 e. The van der Waals surface area contributed by atoms with Crippen LogP contribution in [0.3, 0.4) is 0 Å². The maximum absolute atomic E-state index is 12.2. The minimum Gasteiger partial charge on any atom is -0.341 e. The van der Waals surface area contributed by atoms with Crippen molar-refractivity contribution in [1.82, 2.24) is 25.0 Å². The first kappa shape index (κ1) is 12.4. The smallest absolute Gasteiger partial charge is 0.340 e. The van der Waals surface area contributed by atoms with Crippen molar-refractivity contribution in [3.05, 3.63) is 16.3 Å². The van der Waals surface area contributed by atoms with Crippen molar-refractivity contribution >= 4 is 5.91 Å². The second kappa shape index (κ2) is 4.80. The minimum atomic E-state index is -0.363. The number of nitrogens with one attached hydrogen (secondary N) is 2. The summed E-state index contributed by atoms with van der Waals surface area (Å²) in [5.74, 6) is 0.460. The van der Waals surface area contributed by atoms with Crippen molar-refractivity contribution in [2.45, 2.75) is 37.8 Å². The number of likely N-dealkylation sites (tertiary alicyclic amines) is 1. The summed E-state index contributed by atoms with van der Waals surface area (Å²) < 4.78 is 0. The molecule has 3 heterocycles. The first-order chi connectivity index (χ1) is 9.13. The highest BCUT2D eigenvalue weighted by atomic mass is 16.2. The van der Waals surface area contributed by atoms with Gasteiger partial charge in [0.25, 0.3) is 0 Å². The number of nitrogens with zero attached hydrogens (tertiary/aromatic N) is 3. The van der Waals surface area contributed by atoms with E-state index in [1.165, 1.54) is 12.8 Å². The summed E-state index contributed by atoms with van der Waals surface area (Å²) in [5, 5.41) is 6.07. The first-order valence-electron chi connectivity index (χ1n) is 6.77. The van der Waals surface area contributed by atoms with Crippen LogP contribution in [0, 0.1) is 0 Å². The zero-order chi connectivity index (χ0) is 13.4. The summed E-state index contributed by atoms with van der Waals surface area (Å²) in [5.41, 5.74) is -0.363. The summed E-state index contributed by atoms with van der Waals surface area (Å²) >= 11 is 0. The predicted octanol–water partition coefficient (Wildman–Crippen LogP) is -0.664. The fraction of sp³-hybridized carbons (Fsp3) is 0.750. The summed E-state index contributed by atoms with van der Waals surface area (Å²) in [6, 6.07) is 1.10. The lowest BCUT2D eigenvalue weighted by Crippen LogP contribution is -2.40. The van der Waals surface area contributed by atoms with Gasteiger partial charge in [-0.2, -0.15) is 5.10 Å². The van der Waals surface area contributed by atoms with Crippen LogP contribution in [0.25, 0.3) is 0 Å². The molecular weight excluding hydrogens is 246 g/mol. The first-order valence-corrected chi connectivity index (χ1v) is 6.77. The van der Waals surface area contributed by atoms with Gasteiger partial charge in [-0.25, -0.2) is 9.89 Å². The van der Waals surface area contributed by atoms with Crippen LogP contribution in [0.1, 0.15) is 25.1 Å². The van der Waals surface area contributed by atoms with Gasteiger partial charge in [-0.1, -0.05) is 0 Å². The Labute approximate surface area is 111 Å². The molecule has 2 bridgehead atoms. The van der Waals surface area contributed by atoms with Crippen LogP contribution in [0.4, 0.5) is 0 Å². The van der Waals surface area contributed by atoms with Crippen LogP contribution in [-0.4, -0.2) is 63.1 Å². The second-order valence-electron chi connectivity index (χ2n) is 5.48. The van der Waals surface area contributed by atoms with E-state index in [1.807, 2.05) is 4.90 Å². The van der Waals surface area contributed by atoms with Gasteiger partial charge in [0.2, 0.25) is 5.91 Å². The van der Waals surface area contributed by atoms with Crippen molar-refractivity contribution in [3.63, 3.8) is 0 Å². The average Bonchev–Trinajstić information content (AvgIpc) is 2.84. The summed E-state index contributed by atoms with van der Waals surface area (Å²) in [7, 11) is 2.15. The molecule has 3 rings (SSSR count). The van der Waals surface area contributed by atoms with Crippen molar-refractivity contribution in [1.29, 1.82) is 0 Å². The Bertz CT molecular complexity index is 522. The number of carbonyl (C=O) groups excluding carboxylic acids is 1. The van der Waals surface area contributed by atoms with E-state index in [2.05, 4.69) is 27.1 Å². The van der Waals surface area contributed by atoms with Gasteiger partial charge < -0.3 is 4.90 Å². The second-order valence-corrected chi connectivity index (χ2v) is 5.48. The third kappa shape index (κ3) is 2.42. The molecule has 0 aromatic carbocycles. The lowest BCUT2D eigenvalue weighted by molar-refractivity contribution is -0.130. The Kier molecular flexibility index (Phi) is 3.14. The zero-order valence-corrected chi connectivity index (χ0v) is 11.1. The molecule has 1 amide bonds. The number of fused-ring (bicyclic) bond motifs is 2. The van der Waals surface area contributed by atoms with E-state index in [9.17, 15) is 9.59 Å². The predicted molar refractivity (Wildman–Crippen MR) is 68.7 cm³/mol. The van der Waals surface area contributed by atoms with Crippen LogP contribution in [0.2, 0.25) is 0 Å². The number of carbonyl (C=O) groups is 1. The van der Waals surface area contributed by atoms with Crippen molar-refractivity contribution < 1.29 is 4.79 Å². The lowest BCUT2D eigenvalue weighted by Gasteiger charge is -2.25. The number of hydrogen-bond acceptors (Lipinski definition) is 4. The third-order valence-corrected chi connectivity index (χ3v) is 4.37. The molecule has 0 unspecified atom stereocenters. The highest BCUT2D eigenvalue weighted by Gasteiger charge is 2.35. The molecule has 0 spiro atoms. The van der Waals surface area contributed by atoms with Crippen molar-refractivity contribution in [2.24, 2.45) is 0 Å². The van der Waals surface area contributed by atoms with E-state index in [-0.39, 0.29) is 18.0 Å². The number of aromatic amines is 2. The summed E-state index contributed by atoms with van der Waals surface area (Å²) in [6.07, 6.45) is 3.62. The Morgan fingerprint density at radius 1 is 1.37 bits per heavy atom. The van der Waals surface area contributed by atoms with E-state index in [0.717, 1.165) is 19.5 Å². The number of hydrogen-bond donors (Lipinski definition) is 2. The molecule has 2 fully saturated rings. The van der Waals surface area contributed by atoms with Gasteiger partial charge in [0.05, 0.1) is 6.42 Å². The molecule has 0 saturated carbocycles. The fourth-order valence-corrected chi connectivity index (χ4v) is 3.18. The lowest BCUT2D eigenvalue weighted by atomic mass is 10.1. The molecule has 1 aromatic rings. The van der Waals surface area contributed by atoms with E-state index in [1.54, 1.807) is 0 Å². The van der Waals surface area contributed by atoms with Gasteiger partial charge in [-0.05, 0) is 26.3 Å². The SMILES string of the molecule is CN1[C@@H]2CC[C@H]1CN(C(=O)Cc1n[nH]c(=O)[nH]1)CC2. The van der Waals surface area contributed by atoms with Crippen LogP contribution in [0.15, 0.2) is 4.79 Å². The maximum Gasteiger partial charge on any atom is 0.340 e. The normalized spacial score (nSPS) is 27.5. The van der Waals surface area contributed by atoms with Crippen molar-refractivity contribution in [2.75, 3.05) is 20.1 Å². The summed E-state index contributed by atoms with van der Waals surface area (Å²) in [6.45, 7) is 1.60. The number of amides is 1. The molecule has 7 nitrogen and oxygen atoms in total. The molecular formula is C12H19N5O2. The van der Waals surface area contributed by atoms with Gasteiger partial charge in [-0.3, -0.25) is 14.7 Å². The van der Waals surface area contributed by atoms with Gasteiger partial charge >= 0.3 is 5.69 Å². The molecule has 19 heavy (non-hydrogen) atoms. The van der Waals surface area contributed by atoms with Crippen molar-refractivity contribution in [3.8, 4) is 0 Å². The monoisotopic (exact) mass is 265 g/mol. The molecule has 1 aromatic heterocycles. The Balaban J connectivity index is 1.65. The number of rotatable bonds is 2. The van der Waals surface area contributed by atoms with Gasteiger partial charge in [-0.15, -0.1) is 0 Å². The highest BCUT2D eigenvalue weighted by Crippen LogP contribution is 2.28. The van der Waals surface area contributed by atoms with Crippen LogP contribution < -0.4 is 5.69 Å². The molecule has 2 aliphatic heterocycles. The van der Waals surface area contributed by atoms with Crippen LogP contribution in [0.5, 0.6) is 0 Å². The number of aromatic nitrogens is 3. The molecule has 2 N–H and O–H groups in total. The molecule has 2 aliphatic rings. The van der Waals surface area contributed by atoms with Gasteiger partial charge in [0.15, 0.2) is 0 Å². The van der Waals surface area contributed by atoms with Gasteiger partial charge in [0, 0.05) is 25.2 Å². The number of H-pyrrole nitrogens is 2. The third-order valence-electron chi connectivity index (χ3n) is 4.37. The fourth-order valence-electron chi connectivity index (χ4n) is 3.18. The van der Waals surface area contributed by atoms with E-state index in [0.29, 0.717) is 17.9 Å². The van der Waals surface area contributed by atoms with Gasteiger partial charge in [0.1, 0.15) is 5.82 Å². The molecule has 2 saturated heterocycles. The molecule has 2 atom stereocenters. The standard InChI is InChI=1S/C12H19N5O2/c1-16-8-2-3-9(16)7-17(5-4-8)11(18)6-10-13-12(19)15-14-10/h8-9H,2-7H2,1H3,(H2,13,14,15,19)/t8-,9+/m1/s1. The summed E-state index contributed by atoms with van der Waals surface area (Å²) in [4.78, 5) is 30.0. The molecule has 7 heteroatoms. The molecule has 0 aliphatic carbocycles. The zero-order valence-electron chi connectivity index (χ0n) is 11.1.